The molecule has 0 aliphatic heterocycles. The van der Waals surface area contributed by atoms with Crippen LogP contribution < -0.4 is 10.9 Å². The van der Waals surface area contributed by atoms with Crippen LogP contribution in [0.1, 0.15) is 35.2 Å². The van der Waals surface area contributed by atoms with E-state index in [9.17, 15) is 4.79 Å². The van der Waals surface area contributed by atoms with E-state index in [4.69, 9.17) is 0 Å². The lowest BCUT2D eigenvalue weighted by molar-refractivity contribution is -0.120. The van der Waals surface area contributed by atoms with Crippen LogP contribution in [0.2, 0.25) is 0 Å². The van der Waals surface area contributed by atoms with Crippen molar-refractivity contribution in [1.29, 1.82) is 0 Å². The third-order valence-electron chi connectivity index (χ3n) is 2.75. The highest BCUT2D eigenvalue weighted by molar-refractivity contribution is 7.15. The first-order valence-electron chi connectivity index (χ1n) is 5.88. The van der Waals surface area contributed by atoms with Gasteiger partial charge in [0.05, 0.1) is 6.42 Å². The van der Waals surface area contributed by atoms with Gasteiger partial charge in [0.25, 0.3) is 0 Å². The van der Waals surface area contributed by atoms with Gasteiger partial charge in [0.15, 0.2) is 0 Å². The molecule has 0 spiro atoms. The molecule has 2 aromatic rings. The molecule has 1 aliphatic rings. The van der Waals surface area contributed by atoms with Gasteiger partial charge in [-0.25, -0.2) is 4.63 Å². The van der Waals surface area contributed by atoms with Gasteiger partial charge in [0.1, 0.15) is 16.4 Å². The number of carbonyl (C=O) groups excluding carboxylic acids is 1. The van der Waals surface area contributed by atoms with E-state index in [0.717, 1.165) is 5.01 Å². The van der Waals surface area contributed by atoms with E-state index >= 15 is 0 Å². The average Bonchev–Trinajstić information content (AvgIpc) is 3.01. The molecule has 1 aliphatic carbocycles. The smallest absolute Gasteiger partial charge is 0.244 e. The number of hydrazine groups is 1. The van der Waals surface area contributed by atoms with E-state index in [1.165, 1.54) is 24.2 Å². The first-order chi connectivity index (χ1) is 9.22. The summed E-state index contributed by atoms with van der Waals surface area (Å²) in [6.45, 7) is 1.74. The standard InChI is InChI=1S/C10H12N6O2S/c1-5-7(16-18-15-5)4-8(17)11-13-10-14-12-9(19-10)6-2-3-6/h6H,2-4H2,1H3,(H,11,17)(H,13,14). The van der Waals surface area contributed by atoms with Gasteiger partial charge in [-0.15, -0.1) is 10.2 Å². The van der Waals surface area contributed by atoms with Crippen molar-refractivity contribution in [3.05, 3.63) is 16.4 Å². The molecule has 100 valence electrons. The summed E-state index contributed by atoms with van der Waals surface area (Å²) in [5.41, 5.74) is 6.43. The van der Waals surface area contributed by atoms with Crippen molar-refractivity contribution in [2.75, 3.05) is 5.43 Å². The minimum absolute atomic E-state index is 0.108. The summed E-state index contributed by atoms with van der Waals surface area (Å²) in [5, 5.41) is 16.9. The van der Waals surface area contributed by atoms with Crippen LogP contribution in [0.25, 0.3) is 0 Å². The van der Waals surface area contributed by atoms with Crippen LogP contribution in [0.5, 0.6) is 0 Å². The minimum atomic E-state index is -0.234. The number of carbonyl (C=O) groups is 1. The number of amides is 1. The van der Waals surface area contributed by atoms with Crippen LogP contribution in [0.4, 0.5) is 5.13 Å². The lowest BCUT2D eigenvalue weighted by Crippen LogP contribution is -2.30. The van der Waals surface area contributed by atoms with Crippen molar-refractivity contribution in [1.82, 2.24) is 25.9 Å². The van der Waals surface area contributed by atoms with E-state index in [1.807, 2.05) is 0 Å². The molecule has 2 heterocycles. The molecule has 19 heavy (non-hydrogen) atoms. The third kappa shape index (κ3) is 2.87. The summed E-state index contributed by atoms with van der Waals surface area (Å²) in [5.74, 6) is 0.328. The minimum Gasteiger partial charge on any atom is -0.273 e. The van der Waals surface area contributed by atoms with Crippen LogP contribution in [-0.4, -0.2) is 26.4 Å². The van der Waals surface area contributed by atoms with Crippen molar-refractivity contribution >= 4 is 22.4 Å². The van der Waals surface area contributed by atoms with Crippen molar-refractivity contribution < 1.29 is 9.42 Å². The quantitative estimate of drug-likeness (QED) is 0.780. The molecular weight excluding hydrogens is 268 g/mol. The predicted octanol–water partition coefficient (Wildman–Crippen LogP) is 0.793. The highest BCUT2D eigenvalue weighted by Gasteiger charge is 2.27. The zero-order valence-electron chi connectivity index (χ0n) is 10.2. The van der Waals surface area contributed by atoms with Gasteiger partial charge in [-0.2, -0.15) is 0 Å². The number of aryl methyl sites for hydroxylation is 1. The second-order valence-electron chi connectivity index (χ2n) is 4.37. The zero-order chi connectivity index (χ0) is 13.2. The number of aromatic nitrogens is 4. The molecule has 9 heteroatoms. The molecule has 2 aromatic heterocycles. The van der Waals surface area contributed by atoms with Crippen LogP contribution in [0.15, 0.2) is 4.63 Å². The van der Waals surface area contributed by atoms with Gasteiger partial charge in [-0.1, -0.05) is 21.7 Å². The molecule has 0 aromatic carbocycles. The number of hydrogen-bond donors (Lipinski definition) is 2. The van der Waals surface area contributed by atoms with Gasteiger partial charge < -0.3 is 0 Å². The third-order valence-corrected chi connectivity index (χ3v) is 3.75. The van der Waals surface area contributed by atoms with Crippen molar-refractivity contribution in [3.8, 4) is 0 Å². The van der Waals surface area contributed by atoms with Crippen molar-refractivity contribution in [2.24, 2.45) is 0 Å². The second-order valence-corrected chi connectivity index (χ2v) is 5.38. The molecule has 2 N–H and O–H groups in total. The lowest BCUT2D eigenvalue weighted by Gasteiger charge is -2.03. The first-order valence-corrected chi connectivity index (χ1v) is 6.70. The number of nitrogens with zero attached hydrogens (tertiary/aromatic N) is 4. The van der Waals surface area contributed by atoms with Crippen molar-refractivity contribution in [2.45, 2.75) is 32.1 Å². The molecule has 0 radical (unpaired) electrons. The Balaban J connectivity index is 1.50. The Kier molecular flexibility index (Phi) is 3.11. The molecule has 0 atom stereocenters. The maximum atomic E-state index is 11.7. The van der Waals surface area contributed by atoms with Crippen LogP contribution >= 0.6 is 11.3 Å². The highest BCUT2D eigenvalue weighted by atomic mass is 32.1. The van der Waals surface area contributed by atoms with Crippen LogP contribution in [-0.2, 0) is 11.2 Å². The number of nitrogens with one attached hydrogen (secondary N) is 2. The van der Waals surface area contributed by atoms with E-state index in [-0.39, 0.29) is 12.3 Å². The monoisotopic (exact) mass is 280 g/mol. The zero-order valence-corrected chi connectivity index (χ0v) is 11.0. The molecule has 1 saturated carbocycles. The Labute approximate surface area is 112 Å². The topological polar surface area (TPSA) is 106 Å². The van der Waals surface area contributed by atoms with E-state index in [1.54, 1.807) is 6.92 Å². The number of anilines is 1. The van der Waals surface area contributed by atoms with Crippen LogP contribution in [0, 0.1) is 6.92 Å². The van der Waals surface area contributed by atoms with Crippen molar-refractivity contribution in [3.63, 3.8) is 0 Å². The fourth-order valence-corrected chi connectivity index (χ4v) is 2.38. The summed E-state index contributed by atoms with van der Waals surface area (Å²) >= 11 is 1.46. The molecule has 0 bridgehead atoms. The lowest BCUT2D eigenvalue weighted by atomic mass is 10.2. The first kappa shape index (κ1) is 12.0. The molecule has 0 unspecified atom stereocenters. The molecule has 8 nitrogen and oxygen atoms in total. The summed E-state index contributed by atoms with van der Waals surface area (Å²) in [7, 11) is 0. The summed E-state index contributed by atoms with van der Waals surface area (Å²) in [4.78, 5) is 11.7. The normalized spacial score (nSPS) is 14.4. The fraction of sp³-hybridized carbons (Fsp3) is 0.500. The second kappa shape index (κ2) is 4.92. The Morgan fingerprint density at radius 1 is 1.42 bits per heavy atom. The number of hydrogen-bond acceptors (Lipinski definition) is 8. The molecular formula is C10H12N6O2S. The molecule has 1 fully saturated rings. The SMILES string of the molecule is Cc1nonc1CC(=O)NNc1nnc(C2CC2)s1. The summed E-state index contributed by atoms with van der Waals surface area (Å²) in [6, 6.07) is 0. The molecule has 1 amide bonds. The van der Waals surface area contributed by atoms with Crippen LogP contribution in [0.3, 0.4) is 0 Å². The largest absolute Gasteiger partial charge is 0.273 e. The van der Waals surface area contributed by atoms with E-state index < -0.39 is 0 Å². The Bertz CT molecular complexity index is 590. The predicted molar refractivity (Wildman–Crippen MR) is 66.4 cm³/mol. The maximum Gasteiger partial charge on any atom is 0.244 e. The summed E-state index contributed by atoms with van der Waals surface area (Å²) < 4.78 is 4.52. The van der Waals surface area contributed by atoms with Gasteiger partial charge in [0, 0.05) is 5.92 Å². The Hall–Kier alpha value is -2.03. The summed E-state index contributed by atoms with van der Waals surface area (Å²) in [6.07, 6.45) is 2.47. The van der Waals surface area contributed by atoms with Gasteiger partial charge >= 0.3 is 0 Å². The average molecular weight is 280 g/mol. The highest BCUT2D eigenvalue weighted by Crippen LogP contribution is 2.41. The molecule has 3 rings (SSSR count). The number of rotatable bonds is 5. The fourth-order valence-electron chi connectivity index (χ4n) is 1.51. The Morgan fingerprint density at radius 3 is 2.95 bits per heavy atom. The van der Waals surface area contributed by atoms with Gasteiger partial charge in [-0.3, -0.25) is 15.6 Å². The molecule has 0 saturated heterocycles. The Morgan fingerprint density at radius 2 is 2.26 bits per heavy atom. The van der Waals surface area contributed by atoms with E-state index in [2.05, 4.69) is 36.0 Å². The maximum absolute atomic E-state index is 11.7. The van der Waals surface area contributed by atoms with Gasteiger partial charge in [0.2, 0.25) is 11.0 Å². The van der Waals surface area contributed by atoms with E-state index in [0.29, 0.717) is 22.4 Å². The van der Waals surface area contributed by atoms with Gasteiger partial charge in [-0.05, 0) is 19.8 Å².